The molecule has 0 aliphatic heterocycles. The maximum atomic E-state index is 12.3. The van der Waals surface area contributed by atoms with Gasteiger partial charge in [0.25, 0.3) is 0 Å². The van der Waals surface area contributed by atoms with Gasteiger partial charge in [0.15, 0.2) is 4.34 Å². The van der Waals surface area contributed by atoms with Gasteiger partial charge in [0, 0.05) is 25.0 Å². The Bertz CT molecular complexity index is 690. The van der Waals surface area contributed by atoms with Gasteiger partial charge in [-0.1, -0.05) is 30.3 Å². The number of nitrogens with one attached hydrogen (secondary N) is 2. The molecule has 1 aromatic heterocycles. The number of aromatic nitrogens is 1. The summed E-state index contributed by atoms with van der Waals surface area (Å²) in [6, 6.07) is 8.23. The van der Waals surface area contributed by atoms with E-state index in [4.69, 9.17) is 0 Å². The molecule has 3 rings (SSSR count). The van der Waals surface area contributed by atoms with Crippen LogP contribution in [0, 0.1) is 0 Å². The molecule has 0 unspecified atom stereocenters. The Hall–Kier alpha value is -1.11. The lowest BCUT2D eigenvalue weighted by molar-refractivity contribution is -0.916. The first-order chi connectivity index (χ1) is 12.6. The molecule has 0 spiro atoms. The van der Waals surface area contributed by atoms with Crippen LogP contribution < -0.4 is 10.2 Å². The number of thioether (sulfide) groups is 1. The maximum absolute atomic E-state index is 12.3. The average Bonchev–Trinajstić information content (AvgIpc) is 3.07. The van der Waals surface area contributed by atoms with E-state index in [9.17, 15) is 4.79 Å². The smallest absolute Gasteiger partial charge is 0.220 e. The van der Waals surface area contributed by atoms with Gasteiger partial charge in [0.05, 0.1) is 30.9 Å². The van der Waals surface area contributed by atoms with Crippen LogP contribution in [0.5, 0.6) is 0 Å². The highest BCUT2D eigenvalue weighted by Gasteiger charge is 2.38. The molecule has 2 aromatic rings. The van der Waals surface area contributed by atoms with E-state index < -0.39 is 0 Å². The minimum atomic E-state index is 0.195. The second kappa shape index (κ2) is 9.20. The molecule has 0 radical (unpaired) electrons. The van der Waals surface area contributed by atoms with Crippen LogP contribution in [-0.4, -0.2) is 42.8 Å². The number of fused-ring (bicyclic) bond motifs is 1. The molecule has 6 heteroatoms. The predicted octanol–water partition coefficient (Wildman–Crippen LogP) is 3.13. The number of quaternary nitrogens is 1. The fourth-order valence-corrected chi connectivity index (χ4v) is 5.82. The number of nitrogens with zero attached hydrogens (tertiary/aromatic N) is 1. The Morgan fingerprint density at radius 1 is 1.27 bits per heavy atom. The van der Waals surface area contributed by atoms with Crippen LogP contribution in [0.4, 0.5) is 0 Å². The van der Waals surface area contributed by atoms with Crippen molar-refractivity contribution in [3.63, 3.8) is 0 Å². The van der Waals surface area contributed by atoms with Crippen molar-refractivity contribution in [2.75, 3.05) is 26.4 Å². The molecule has 1 saturated carbocycles. The molecule has 1 heterocycles. The number of amides is 1. The minimum absolute atomic E-state index is 0.195. The molecule has 1 aromatic carbocycles. The lowest BCUT2D eigenvalue weighted by Crippen LogP contribution is -3.16. The standard InChI is InChI=1S/C20H29N3OS2/c1-23(2)20(12-6-3-7-13-20)15-21-18(24)11-8-14-25-19-22-16-9-4-5-10-17(16)26-19/h4-5,9-10H,3,6-8,11-15H2,1-2H3,(H,21,24)/p+1. The summed E-state index contributed by atoms with van der Waals surface area (Å²) in [6.45, 7) is 0.819. The molecule has 26 heavy (non-hydrogen) atoms. The summed E-state index contributed by atoms with van der Waals surface area (Å²) in [4.78, 5) is 18.4. The summed E-state index contributed by atoms with van der Waals surface area (Å²) in [5.41, 5.74) is 1.31. The molecule has 4 nitrogen and oxygen atoms in total. The van der Waals surface area contributed by atoms with Gasteiger partial charge in [-0.25, -0.2) is 4.98 Å². The molecule has 1 amide bonds. The fourth-order valence-electron chi connectivity index (χ4n) is 3.74. The van der Waals surface area contributed by atoms with E-state index in [1.807, 2.05) is 12.1 Å². The van der Waals surface area contributed by atoms with Gasteiger partial charge < -0.3 is 10.2 Å². The first-order valence-electron chi connectivity index (χ1n) is 9.65. The molecule has 0 saturated heterocycles. The van der Waals surface area contributed by atoms with Gasteiger partial charge in [-0.15, -0.1) is 11.3 Å². The lowest BCUT2D eigenvalue weighted by atomic mass is 9.80. The van der Waals surface area contributed by atoms with Gasteiger partial charge in [0.2, 0.25) is 5.91 Å². The van der Waals surface area contributed by atoms with Crippen LogP contribution in [0.2, 0.25) is 0 Å². The van der Waals surface area contributed by atoms with E-state index in [0.717, 1.165) is 28.6 Å². The zero-order valence-electron chi connectivity index (χ0n) is 15.8. The van der Waals surface area contributed by atoms with Crippen molar-refractivity contribution in [2.24, 2.45) is 0 Å². The molecule has 142 valence electrons. The zero-order chi connectivity index (χ0) is 18.4. The number of hydrogen-bond acceptors (Lipinski definition) is 4. The van der Waals surface area contributed by atoms with E-state index in [0.29, 0.717) is 6.42 Å². The zero-order valence-corrected chi connectivity index (χ0v) is 17.5. The largest absolute Gasteiger partial charge is 0.350 e. The van der Waals surface area contributed by atoms with E-state index in [-0.39, 0.29) is 11.4 Å². The van der Waals surface area contributed by atoms with E-state index in [1.54, 1.807) is 23.1 Å². The van der Waals surface area contributed by atoms with Crippen molar-refractivity contribution < 1.29 is 9.69 Å². The summed E-state index contributed by atoms with van der Waals surface area (Å²) in [6.07, 6.45) is 7.88. The molecule has 1 aliphatic carbocycles. The first kappa shape index (κ1) is 19.6. The molecular weight excluding hydrogens is 362 g/mol. The van der Waals surface area contributed by atoms with Crippen LogP contribution in [-0.2, 0) is 4.79 Å². The normalized spacial score (nSPS) is 16.9. The van der Waals surface area contributed by atoms with Crippen LogP contribution in [0.3, 0.4) is 0 Å². The number of para-hydroxylation sites is 1. The summed E-state index contributed by atoms with van der Waals surface area (Å²) >= 11 is 3.50. The second-order valence-electron chi connectivity index (χ2n) is 7.52. The summed E-state index contributed by atoms with van der Waals surface area (Å²) in [5, 5.41) is 3.21. The Morgan fingerprint density at radius 3 is 2.77 bits per heavy atom. The summed E-state index contributed by atoms with van der Waals surface area (Å²) in [5.74, 6) is 1.14. The van der Waals surface area contributed by atoms with Crippen molar-refractivity contribution in [1.82, 2.24) is 10.3 Å². The number of hydrogen-bond donors (Lipinski definition) is 2. The number of rotatable bonds is 8. The third-order valence-corrected chi connectivity index (χ3v) is 7.81. The Morgan fingerprint density at radius 2 is 2.04 bits per heavy atom. The number of carbonyl (C=O) groups excluding carboxylic acids is 1. The van der Waals surface area contributed by atoms with Crippen LogP contribution in [0.25, 0.3) is 10.2 Å². The monoisotopic (exact) mass is 392 g/mol. The van der Waals surface area contributed by atoms with Crippen molar-refractivity contribution >= 4 is 39.2 Å². The quantitative estimate of drug-likeness (QED) is 0.536. The topological polar surface area (TPSA) is 46.4 Å². The van der Waals surface area contributed by atoms with Crippen molar-refractivity contribution in [2.45, 2.75) is 54.8 Å². The molecule has 2 N–H and O–H groups in total. The number of carbonyl (C=O) groups is 1. The predicted molar refractivity (Wildman–Crippen MR) is 111 cm³/mol. The third-order valence-electron chi connectivity index (χ3n) is 5.54. The number of thiazole rings is 1. The maximum Gasteiger partial charge on any atom is 0.220 e. The van der Waals surface area contributed by atoms with Gasteiger partial charge in [0.1, 0.15) is 5.54 Å². The SMILES string of the molecule is C[NH+](C)C1(CNC(=O)CCCSc2nc3ccccc3s2)CCCCC1. The Balaban J connectivity index is 1.38. The van der Waals surface area contributed by atoms with E-state index in [1.165, 1.54) is 41.7 Å². The Kier molecular flexibility index (Phi) is 6.95. The van der Waals surface area contributed by atoms with Crippen LogP contribution in [0.1, 0.15) is 44.9 Å². The van der Waals surface area contributed by atoms with Gasteiger partial charge >= 0.3 is 0 Å². The molecule has 0 bridgehead atoms. The van der Waals surface area contributed by atoms with Crippen molar-refractivity contribution in [1.29, 1.82) is 0 Å². The van der Waals surface area contributed by atoms with Crippen LogP contribution >= 0.6 is 23.1 Å². The fraction of sp³-hybridized carbons (Fsp3) is 0.600. The highest BCUT2D eigenvalue weighted by molar-refractivity contribution is 8.01. The minimum Gasteiger partial charge on any atom is -0.350 e. The highest BCUT2D eigenvalue weighted by atomic mass is 32.2. The van der Waals surface area contributed by atoms with Gasteiger partial charge in [-0.05, 0) is 31.4 Å². The second-order valence-corrected chi connectivity index (χ2v) is 9.89. The summed E-state index contributed by atoms with van der Waals surface area (Å²) < 4.78 is 2.33. The van der Waals surface area contributed by atoms with E-state index in [2.05, 4.69) is 36.5 Å². The number of likely N-dealkylation sites (N-methyl/N-ethyl adjacent to an activating group) is 1. The Labute approximate surface area is 164 Å². The molecule has 1 fully saturated rings. The van der Waals surface area contributed by atoms with Gasteiger partial charge in [-0.2, -0.15) is 0 Å². The van der Waals surface area contributed by atoms with Crippen molar-refractivity contribution in [3.8, 4) is 0 Å². The van der Waals surface area contributed by atoms with Crippen LogP contribution in [0.15, 0.2) is 28.6 Å². The summed E-state index contributed by atoms with van der Waals surface area (Å²) in [7, 11) is 4.46. The first-order valence-corrected chi connectivity index (χ1v) is 11.4. The molecule has 0 atom stereocenters. The molecular formula is C20H30N3OS2+. The van der Waals surface area contributed by atoms with E-state index >= 15 is 0 Å². The third kappa shape index (κ3) is 4.99. The lowest BCUT2D eigenvalue weighted by Gasteiger charge is -2.39. The van der Waals surface area contributed by atoms with Crippen molar-refractivity contribution in [3.05, 3.63) is 24.3 Å². The average molecular weight is 393 g/mol. The molecule has 1 aliphatic rings. The highest BCUT2D eigenvalue weighted by Crippen LogP contribution is 2.29. The van der Waals surface area contributed by atoms with Gasteiger partial charge in [-0.3, -0.25) is 4.79 Å². The number of benzene rings is 1.